The number of carbonyl (C=O) groups excluding carboxylic acids is 6. The van der Waals surface area contributed by atoms with Gasteiger partial charge in [0.1, 0.15) is 0 Å². The highest BCUT2D eigenvalue weighted by Gasteiger charge is 2.31. The zero-order valence-corrected chi connectivity index (χ0v) is 28.2. The number of hydrogen-bond donors (Lipinski definition) is 0. The number of rotatable bonds is 20. The third-order valence-corrected chi connectivity index (χ3v) is 7.24. The third-order valence-electron chi connectivity index (χ3n) is 7.24. The molecule has 0 amide bonds. The van der Waals surface area contributed by atoms with Gasteiger partial charge in [0.2, 0.25) is 11.6 Å². The Kier molecular flexibility index (Phi) is 18.0. The standard InChI is InChI=1S/C36H46O12/c1-5-9-11-13-23-29(45-35(41)43-7-3)31(37)25-19-15-17-21-27(25)33(39)47-48-34(40)28-22-18-16-20-26(28)32(38)30(24-14-12-10-6-2)46-36(42)44-8-4/h15-22,29-30H,5-14,23-24H2,1-4H3. The zero-order valence-electron chi connectivity index (χ0n) is 28.2. The van der Waals surface area contributed by atoms with E-state index < -0.39 is 48.0 Å². The first kappa shape index (κ1) is 39.4. The molecule has 12 heteroatoms. The molecule has 0 aliphatic heterocycles. The van der Waals surface area contributed by atoms with Crippen molar-refractivity contribution >= 4 is 35.8 Å². The second-order valence-corrected chi connectivity index (χ2v) is 10.8. The predicted molar refractivity (Wildman–Crippen MR) is 174 cm³/mol. The van der Waals surface area contributed by atoms with E-state index in [1.54, 1.807) is 13.8 Å². The van der Waals surface area contributed by atoms with Crippen LogP contribution in [0.1, 0.15) is 133 Å². The van der Waals surface area contributed by atoms with Crippen molar-refractivity contribution in [3.8, 4) is 0 Å². The van der Waals surface area contributed by atoms with Gasteiger partial charge in [-0.25, -0.2) is 29.0 Å². The van der Waals surface area contributed by atoms with Gasteiger partial charge in [-0.05, 0) is 51.7 Å². The summed E-state index contributed by atoms with van der Waals surface area (Å²) in [6.07, 6.45) is 2.55. The summed E-state index contributed by atoms with van der Waals surface area (Å²) in [5, 5.41) is 0. The number of benzene rings is 2. The van der Waals surface area contributed by atoms with E-state index in [1.165, 1.54) is 48.5 Å². The fourth-order valence-corrected chi connectivity index (χ4v) is 4.80. The molecule has 2 unspecified atom stereocenters. The van der Waals surface area contributed by atoms with Crippen molar-refractivity contribution in [3.05, 3.63) is 70.8 Å². The highest BCUT2D eigenvalue weighted by Crippen LogP contribution is 2.21. The smallest absolute Gasteiger partial charge is 0.435 e. The normalized spacial score (nSPS) is 11.8. The van der Waals surface area contributed by atoms with E-state index in [1.807, 2.05) is 13.8 Å². The van der Waals surface area contributed by atoms with E-state index >= 15 is 0 Å². The molecule has 262 valence electrons. The summed E-state index contributed by atoms with van der Waals surface area (Å²) in [5.41, 5.74) is -0.691. The average molecular weight is 671 g/mol. The first-order valence-corrected chi connectivity index (χ1v) is 16.5. The minimum atomic E-state index is -1.22. The Balaban J connectivity index is 2.24. The summed E-state index contributed by atoms with van der Waals surface area (Å²) in [4.78, 5) is 87.1. The van der Waals surface area contributed by atoms with Crippen LogP contribution in [0.4, 0.5) is 9.59 Å². The molecule has 0 fully saturated rings. The first-order chi connectivity index (χ1) is 23.2. The molecule has 0 saturated heterocycles. The average Bonchev–Trinajstić information content (AvgIpc) is 3.09. The van der Waals surface area contributed by atoms with Crippen LogP contribution in [-0.4, -0.2) is 61.2 Å². The summed E-state index contributed by atoms with van der Waals surface area (Å²) in [5.74, 6) is -3.64. The molecular weight excluding hydrogens is 624 g/mol. The number of ketones is 2. The van der Waals surface area contributed by atoms with Crippen LogP contribution in [0, 0.1) is 0 Å². The van der Waals surface area contributed by atoms with Gasteiger partial charge in [0, 0.05) is 11.1 Å². The molecule has 0 aliphatic carbocycles. The zero-order chi connectivity index (χ0) is 35.3. The molecular formula is C36H46O12. The fraction of sp³-hybridized carbons (Fsp3) is 0.500. The van der Waals surface area contributed by atoms with E-state index in [0.29, 0.717) is 12.8 Å². The molecule has 48 heavy (non-hydrogen) atoms. The van der Waals surface area contributed by atoms with Crippen LogP contribution in [0.25, 0.3) is 0 Å². The number of unbranched alkanes of at least 4 members (excludes halogenated alkanes) is 6. The van der Waals surface area contributed by atoms with E-state index in [2.05, 4.69) is 0 Å². The van der Waals surface area contributed by atoms with Crippen LogP contribution in [-0.2, 0) is 28.7 Å². The maximum absolute atomic E-state index is 13.5. The van der Waals surface area contributed by atoms with Gasteiger partial charge in [-0.15, -0.1) is 0 Å². The topological polar surface area (TPSA) is 158 Å². The van der Waals surface area contributed by atoms with E-state index in [-0.39, 0.29) is 48.3 Å². The molecule has 0 aliphatic rings. The maximum atomic E-state index is 13.5. The van der Waals surface area contributed by atoms with Crippen LogP contribution in [0.3, 0.4) is 0 Å². The Bertz CT molecular complexity index is 1260. The van der Waals surface area contributed by atoms with Crippen LogP contribution >= 0.6 is 0 Å². The van der Waals surface area contributed by atoms with Gasteiger partial charge >= 0.3 is 24.2 Å². The molecule has 2 aromatic rings. The summed E-state index contributed by atoms with van der Waals surface area (Å²) < 4.78 is 20.3. The van der Waals surface area contributed by atoms with Crippen molar-refractivity contribution in [1.82, 2.24) is 0 Å². The Labute approximate surface area is 281 Å². The van der Waals surface area contributed by atoms with E-state index in [9.17, 15) is 28.8 Å². The lowest BCUT2D eigenvalue weighted by atomic mass is 9.97. The van der Waals surface area contributed by atoms with Gasteiger partial charge in [0.05, 0.1) is 24.3 Å². The van der Waals surface area contributed by atoms with Gasteiger partial charge < -0.3 is 18.9 Å². The van der Waals surface area contributed by atoms with Gasteiger partial charge in [-0.3, -0.25) is 9.59 Å². The number of Topliss-reactive ketones (excluding diaryl/α,β-unsaturated/α-hetero) is 2. The van der Waals surface area contributed by atoms with Crippen molar-refractivity contribution in [2.75, 3.05) is 13.2 Å². The summed E-state index contributed by atoms with van der Waals surface area (Å²) in [6.45, 7) is 7.38. The van der Waals surface area contributed by atoms with Crippen LogP contribution in [0.5, 0.6) is 0 Å². The molecule has 0 saturated carbocycles. The molecule has 0 aromatic heterocycles. The van der Waals surface area contributed by atoms with Crippen LogP contribution in [0.2, 0.25) is 0 Å². The summed E-state index contributed by atoms with van der Waals surface area (Å²) >= 11 is 0. The Morgan fingerprint density at radius 2 is 0.854 bits per heavy atom. The second kappa shape index (κ2) is 21.9. The van der Waals surface area contributed by atoms with Gasteiger partial charge in [-0.1, -0.05) is 88.8 Å². The van der Waals surface area contributed by atoms with E-state index in [0.717, 1.165) is 38.5 Å². The van der Waals surface area contributed by atoms with Crippen molar-refractivity contribution in [2.24, 2.45) is 0 Å². The highest BCUT2D eigenvalue weighted by atomic mass is 17.2. The van der Waals surface area contributed by atoms with Crippen molar-refractivity contribution in [1.29, 1.82) is 0 Å². The lowest BCUT2D eigenvalue weighted by molar-refractivity contribution is -0.187. The lowest BCUT2D eigenvalue weighted by Gasteiger charge is -2.18. The summed E-state index contributed by atoms with van der Waals surface area (Å²) in [7, 11) is 0. The Morgan fingerprint density at radius 1 is 0.500 bits per heavy atom. The third kappa shape index (κ3) is 12.8. The van der Waals surface area contributed by atoms with Crippen LogP contribution < -0.4 is 0 Å². The summed E-state index contributed by atoms with van der Waals surface area (Å²) in [6, 6.07) is 11.3. The van der Waals surface area contributed by atoms with Crippen LogP contribution in [0.15, 0.2) is 48.5 Å². The number of hydrogen-bond acceptors (Lipinski definition) is 12. The Hall–Kier alpha value is -4.74. The largest absolute Gasteiger partial charge is 0.508 e. The molecule has 2 atom stereocenters. The van der Waals surface area contributed by atoms with Gasteiger partial charge in [-0.2, -0.15) is 0 Å². The molecule has 0 radical (unpaired) electrons. The van der Waals surface area contributed by atoms with Gasteiger partial charge in [0.15, 0.2) is 12.2 Å². The maximum Gasteiger partial charge on any atom is 0.508 e. The second-order valence-electron chi connectivity index (χ2n) is 10.8. The molecule has 12 nitrogen and oxygen atoms in total. The minimum absolute atomic E-state index is 0.0522. The molecule has 0 spiro atoms. The molecule has 2 rings (SSSR count). The first-order valence-electron chi connectivity index (χ1n) is 16.5. The van der Waals surface area contributed by atoms with Crippen molar-refractivity contribution in [3.63, 3.8) is 0 Å². The number of carbonyl (C=O) groups is 6. The molecule has 0 heterocycles. The van der Waals surface area contributed by atoms with E-state index in [4.69, 9.17) is 28.7 Å². The fourth-order valence-electron chi connectivity index (χ4n) is 4.80. The van der Waals surface area contributed by atoms with Crippen molar-refractivity contribution < 1.29 is 57.5 Å². The SMILES string of the molecule is CCCCCCC(OC(=O)OCC)C(=O)c1ccccc1C(=O)OOC(=O)c1ccccc1C(=O)C(CCCCCC)OC(=O)OCC. The Morgan fingerprint density at radius 3 is 1.19 bits per heavy atom. The minimum Gasteiger partial charge on any atom is -0.435 e. The number of ether oxygens (including phenoxy) is 4. The highest BCUT2D eigenvalue weighted by molar-refractivity contribution is 6.10. The van der Waals surface area contributed by atoms with Gasteiger partial charge in [0.25, 0.3) is 0 Å². The molecule has 0 bridgehead atoms. The predicted octanol–water partition coefficient (Wildman–Crippen LogP) is 8.01. The van der Waals surface area contributed by atoms with Crippen molar-refractivity contribution in [2.45, 2.75) is 104 Å². The lowest BCUT2D eigenvalue weighted by Crippen LogP contribution is -2.30. The quantitative estimate of drug-likeness (QED) is 0.0440. The molecule has 0 N–H and O–H groups in total. The monoisotopic (exact) mass is 670 g/mol. The molecule has 2 aromatic carbocycles.